The fourth-order valence-corrected chi connectivity index (χ4v) is 5.15. The number of carbonyl (C=O) groups is 1. The molecule has 2 N–H and O–H groups in total. The van der Waals surface area contributed by atoms with Gasteiger partial charge in [-0.2, -0.15) is 0 Å². The molecule has 154 valence electrons. The highest BCUT2D eigenvalue weighted by Crippen LogP contribution is 2.50. The van der Waals surface area contributed by atoms with Crippen molar-refractivity contribution in [1.82, 2.24) is 4.90 Å². The number of likely N-dealkylation sites (tertiary alicyclic amines) is 1. The minimum atomic E-state index is -0.657. The van der Waals surface area contributed by atoms with Crippen LogP contribution >= 0.6 is 0 Å². The van der Waals surface area contributed by atoms with Gasteiger partial charge >= 0.3 is 0 Å². The molecule has 1 saturated heterocycles. The van der Waals surface area contributed by atoms with E-state index in [2.05, 4.69) is 16.3 Å². The second-order valence-corrected chi connectivity index (χ2v) is 8.28. The number of carbonyl (C=O) groups excluding carboxylic acids is 1. The second kappa shape index (κ2) is 8.56. The highest BCUT2D eigenvalue weighted by Gasteiger charge is 2.49. The lowest BCUT2D eigenvalue weighted by Gasteiger charge is -2.52. The molecule has 2 aromatic carbocycles. The fourth-order valence-electron chi connectivity index (χ4n) is 5.15. The monoisotopic (exact) mass is 394 g/mol. The van der Waals surface area contributed by atoms with Crippen LogP contribution in [0.5, 0.6) is 5.75 Å². The van der Waals surface area contributed by atoms with Gasteiger partial charge in [-0.25, -0.2) is 0 Å². The van der Waals surface area contributed by atoms with Crippen LogP contribution in [0.25, 0.3) is 0 Å². The van der Waals surface area contributed by atoms with E-state index < -0.39 is 5.60 Å². The SMILES string of the molecule is COc1ccccc1[C@@H]1[C@H]2CCCC[C@]2(O)CCN1CC(=O)Nc1ccccc1. The number of aliphatic hydroxyl groups is 1. The highest BCUT2D eigenvalue weighted by molar-refractivity contribution is 5.92. The molecule has 2 aromatic rings. The van der Waals surface area contributed by atoms with E-state index >= 15 is 0 Å². The smallest absolute Gasteiger partial charge is 0.238 e. The summed E-state index contributed by atoms with van der Waals surface area (Å²) >= 11 is 0. The molecule has 0 bridgehead atoms. The van der Waals surface area contributed by atoms with Crippen molar-refractivity contribution < 1.29 is 14.6 Å². The van der Waals surface area contributed by atoms with Gasteiger partial charge in [0.2, 0.25) is 5.91 Å². The predicted molar refractivity (Wildman–Crippen MR) is 114 cm³/mol. The van der Waals surface area contributed by atoms with E-state index in [1.54, 1.807) is 7.11 Å². The van der Waals surface area contributed by atoms with Crippen molar-refractivity contribution in [3.8, 4) is 5.75 Å². The molecule has 0 unspecified atom stereocenters. The van der Waals surface area contributed by atoms with Crippen LogP contribution in [0.3, 0.4) is 0 Å². The van der Waals surface area contributed by atoms with Gasteiger partial charge in [0.05, 0.1) is 19.3 Å². The number of hydrogen-bond donors (Lipinski definition) is 2. The number of methoxy groups -OCH3 is 1. The first-order valence-corrected chi connectivity index (χ1v) is 10.5. The first kappa shape index (κ1) is 19.9. The van der Waals surface area contributed by atoms with E-state index in [1.807, 2.05) is 48.5 Å². The zero-order valence-electron chi connectivity index (χ0n) is 17.0. The number of fused-ring (bicyclic) bond motifs is 1. The van der Waals surface area contributed by atoms with Gasteiger partial charge in [0.25, 0.3) is 0 Å². The number of piperidine rings is 1. The van der Waals surface area contributed by atoms with E-state index in [1.165, 1.54) is 0 Å². The van der Waals surface area contributed by atoms with Crippen LogP contribution in [0, 0.1) is 5.92 Å². The van der Waals surface area contributed by atoms with E-state index in [9.17, 15) is 9.90 Å². The normalized spacial score (nSPS) is 27.1. The number of nitrogens with one attached hydrogen (secondary N) is 1. The van der Waals surface area contributed by atoms with Gasteiger partial charge in [-0.15, -0.1) is 0 Å². The van der Waals surface area contributed by atoms with E-state index in [0.29, 0.717) is 19.5 Å². The Morgan fingerprint density at radius 3 is 2.69 bits per heavy atom. The molecule has 0 spiro atoms. The topological polar surface area (TPSA) is 61.8 Å². The third kappa shape index (κ3) is 4.16. The summed E-state index contributed by atoms with van der Waals surface area (Å²) < 4.78 is 5.65. The lowest BCUT2D eigenvalue weighted by molar-refractivity contribution is -0.135. The fraction of sp³-hybridized carbons (Fsp3) is 0.458. The van der Waals surface area contributed by atoms with Crippen LogP contribution < -0.4 is 10.1 Å². The van der Waals surface area contributed by atoms with E-state index in [0.717, 1.165) is 42.7 Å². The molecular formula is C24H30N2O3. The molecule has 1 saturated carbocycles. The average Bonchev–Trinajstić information content (AvgIpc) is 2.74. The minimum Gasteiger partial charge on any atom is -0.496 e. The van der Waals surface area contributed by atoms with Gasteiger partial charge in [0.15, 0.2) is 0 Å². The third-order valence-electron chi connectivity index (χ3n) is 6.53. The summed E-state index contributed by atoms with van der Waals surface area (Å²) in [4.78, 5) is 15.0. The zero-order valence-corrected chi connectivity index (χ0v) is 17.0. The van der Waals surface area contributed by atoms with Gasteiger partial charge < -0.3 is 15.2 Å². The van der Waals surface area contributed by atoms with Crippen LogP contribution in [-0.4, -0.2) is 41.7 Å². The lowest BCUT2D eigenvalue weighted by Crippen LogP contribution is -2.56. The molecule has 1 aliphatic carbocycles. The van der Waals surface area contributed by atoms with Crippen molar-refractivity contribution in [2.24, 2.45) is 5.92 Å². The molecule has 0 radical (unpaired) electrons. The molecule has 5 nitrogen and oxygen atoms in total. The van der Waals surface area contributed by atoms with Crippen molar-refractivity contribution in [3.63, 3.8) is 0 Å². The third-order valence-corrected chi connectivity index (χ3v) is 6.53. The molecule has 5 heteroatoms. The Balaban J connectivity index is 1.61. The summed E-state index contributed by atoms with van der Waals surface area (Å²) in [7, 11) is 1.68. The molecule has 1 amide bonds. The number of amides is 1. The Labute approximate surface area is 172 Å². The molecule has 0 aromatic heterocycles. The number of hydrogen-bond acceptors (Lipinski definition) is 4. The minimum absolute atomic E-state index is 0.0302. The summed E-state index contributed by atoms with van der Waals surface area (Å²) in [6.45, 7) is 0.988. The molecule has 2 aliphatic rings. The molecule has 4 rings (SSSR count). The van der Waals surface area contributed by atoms with Crippen LogP contribution in [0.15, 0.2) is 54.6 Å². The molecule has 1 aliphatic heterocycles. The number of anilines is 1. The Bertz CT molecular complexity index is 841. The van der Waals surface area contributed by atoms with Crippen molar-refractivity contribution in [1.29, 1.82) is 0 Å². The Morgan fingerprint density at radius 1 is 1.14 bits per heavy atom. The molecular weight excluding hydrogens is 364 g/mol. The highest BCUT2D eigenvalue weighted by atomic mass is 16.5. The van der Waals surface area contributed by atoms with Gasteiger partial charge in [-0.3, -0.25) is 9.69 Å². The molecule has 3 atom stereocenters. The summed E-state index contributed by atoms with van der Waals surface area (Å²) in [5.74, 6) is 0.893. The van der Waals surface area contributed by atoms with Crippen molar-refractivity contribution in [2.75, 3.05) is 25.5 Å². The van der Waals surface area contributed by atoms with Gasteiger partial charge in [0.1, 0.15) is 5.75 Å². The maximum atomic E-state index is 12.8. The summed E-state index contributed by atoms with van der Waals surface area (Å²) in [6.07, 6.45) is 4.70. The Kier molecular flexibility index (Phi) is 5.88. The van der Waals surface area contributed by atoms with Gasteiger partial charge in [0, 0.05) is 29.8 Å². The predicted octanol–water partition coefficient (Wildman–Crippen LogP) is 4.00. The quantitative estimate of drug-likeness (QED) is 0.805. The number of ether oxygens (including phenoxy) is 1. The van der Waals surface area contributed by atoms with E-state index in [4.69, 9.17) is 4.74 Å². The van der Waals surface area contributed by atoms with Gasteiger partial charge in [-0.05, 0) is 37.5 Å². The number of rotatable bonds is 5. The molecule has 2 fully saturated rings. The number of para-hydroxylation sites is 2. The van der Waals surface area contributed by atoms with E-state index in [-0.39, 0.29) is 17.9 Å². The molecule has 29 heavy (non-hydrogen) atoms. The maximum Gasteiger partial charge on any atom is 0.238 e. The largest absolute Gasteiger partial charge is 0.496 e. The first-order valence-electron chi connectivity index (χ1n) is 10.5. The van der Waals surface area contributed by atoms with Crippen LogP contribution in [-0.2, 0) is 4.79 Å². The number of benzene rings is 2. The summed E-state index contributed by atoms with van der Waals surface area (Å²) in [5.41, 5.74) is 1.21. The van der Waals surface area contributed by atoms with Crippen molar-refractivity contribution >= 4 is 11.6 Å². The van der Waals surface area contributed by atoms with Crippen molar-refractivity contribution in [3.05, 3.63) is 60.2 Å². The lowest BCUT2D eigenvalue weighted by atomic mass is 9.66. The standard InChI is InChI=1S/C24H30N2O3/c1-29-21-13-6-5-11-19(21)23-20-12-7-8-14-24(20,28)15-16-26(23)17-22(27)25-18-9-3-2-4-10-18/h2-6,9-11,13,20,23,28H,7-8,12,14-17H2,1H3,(H,25,27)/t20-,23-,24+/m1/s1. The first-order chi connectivity index (χ1) is 14.1. The summed E-state index contributed by atoms with van der Waals surface area (Å²) in [6, 6.07) is 17.5. The Morgan fingerprint density at radius 2 is 1.90 bits per heavy atom. The number of nitrogens with zero attached hydrogens (tertiary/aromatic N) is 1. The van der Waals surface area contributed by atoms with Gasteiger partial charge in [-0.1, -0.05) is 49.2 Å². The van der Waals surface area contributed by atoms with Crippen LogP contribution in [0.4, 0.5) is 5.69 Å². The average molecular weight is 395 g/mol. The van der Waals surface area contributed by atoms with Crippen LogP contribution in [0.1, 0.15) is 43.7 Å². The van der Waals surface area contributed by atoms with Crippen molar-refractivity contribution in [2.45, 2.75) is 43.7 Å². The second-order valence-electron chi connectivity index (χ2n) is 8.28. The Hall–Kier alpha value is -2.37. The summed E-state index contributed by atoms with van der Waals surface area (Å²) in [5, 5.41) is 14.4. The van der Waals surface area contributed by atoms with Crippen LogP contribution in [0.2, 0.25) is 0 Å². The maximum absolute atomic E-state index is 12.8. The molecule has 1 heterocycles. The zero-order chi connectivity index (χ0) is 20.3.